The molecule has 1 heterocycles. The number of hydrogen-bond acceptors (Lipinski definition) is 2. The number of Topliss-reactive ketones (excluding diaryl/α,β-unsaturated/α-hetero) is 1. The lowest BCUT2D eigenvalue weighted by Gasteiger charge is -2.02. The first-order valence-corrected chi connectivity index (χ1v) is 7.38. The van der Waals surface area contributed by atoms with Crippen molar-refractivity contribution in [1.82, 2.24) is 0 Å². The zero-order chi connectivity index (χ0) is 15.0. The van der Waals surface area contributed by atoms with E-state index in [0.29, 0.717) is 10.4 Å². The molecule has 21 heavy (non-hydrogen) atoms. The summed E-state index contributed by atoms with van der Waals surface area (Å²) in [5.74, 6) is -0.886. The molecule has 0 fully saturated rings. The first-order chi connectivity index (χ1) is 10.0. The lowest BCUT2D eigenvalue weighted by Crippen LogP contribution is -2.01. The average molecular weight is 323 g/mol. The van der Waals surface area contributed by atoms with Crippen LogP contribution in [0.2, 0.25) is 5.02 Å². The van der Waals surface area contributed by atoms with Crippen molar-refractivity contribution in [3.8, 4) is 0 Å². The van der Waals surface area contributed by atoms with Crippen LogP contribution in [-0.2, 0) is 6.42 Å². The fraction of sp³-hybridized carbons (Fsp3) is 0.0625. The van der Waals surface area contributed by atoms with Gasteiger partial charge in [0.15, 0.2) is 5.78 Å². The number of ketones is 1. The molecule has 1 nitrogen and oxygen atoms in total. The van der Waals surface area contributed by atoms with Crippen molar-refractivity contribution in [3.63, 3.8) is 0 Å². The van der Waals surface area contributed by atoms with Gasteiger partial charge in [0, 0.05) is 16.1 Å². The van der Waals surface area contributed by atoms with E-state index in [1.807, 2.05) is 0 Å². The maximum atomic E-state index is 13.2. The highest BCUT2D eigenvalue weighted by Crippen LogP contribution is 2.28. The summed E-state index contributed by atoms with van der Waals surface area (Å²) < 4.78 is 26.9. The molecule has 0 amide bonds. The van der Waals surface area contributed by atoms with Crippen LogP contribution in [0.25, 0.3) is 10.1 Å². The highest BCUT2D eigenvalue weighted by Gasteiger charge is 2.13. The van der Waals surface area contributed by atoms with E-state index in [1.165, 1.54) is 41.7 Å². The van der Waals surface area contributed by atoms with Crippen LogP contribution in [0.5, 0.6) is 0 Å². The smallest absolute Gasteiger partial charge is 0.177 e. The lowest BCUT2D eigenvalue weighted by atomic mass is 10.1. The molecule has 2 aromatic carbocycles. The van der Waals surface area contributed by atoms with Gasteiger partial charge in [-0.25, -0.2) is 8.78 Å². The van der Waals surface area contributed by atoms with Crippen molar-refractivity contribution in [2.45, 2.75) is 6.42 Å². The predicted octanol–water partition coefficient (Wildman–Crippen LogP) is 5.26. The Morgan fingerprint density at radius 2 is 1.76 bits per heavy atom. The molecule has 0 aliphatic carbocycles. The first kappa shape index (κ1) is 14.2. The van der Waals surface area contributed by atoms with E-state index in [9.17, 15) is 13.6 Å². The number of fused-ring (bicyclic) bond motifs is 1. The van der Waals surface area contributed by atoms with E-state index in [1.54, 1.807) is 12.1 Å². The number of benzene rings is 2. The molecule has 0 aliphatic rings. The zero-order valence-corrected chi connectivity index (χ0v) is 12.3. The van der Waals surface area contributed by atoms with Gasteiger partial charge in [-0.2, -0.15) is 0 Å². The first-order valence-electron chi connectivity index (χ1n) is 6.19. The van der Waals surface area contributed by atoms with Gasteiger partial charge >= 0.3 is 0 Å². The van der Waals surface area contributed by atoms with E-state index >= 15 is 0 Å². The Balaban J connectivity index is 1.89. The monoisotopic (exact) mass is 322 g/mol. The fourth-order valence-corrected chi connectivity index (χ4v) is 3.33. The summed E-state index contributed by atoms with van der Waals surface area (Å²) in [5, 5.41) is 1.06. The molecule has 0 unspecified atom stereocenters. The number of halogens is 3. The molecule has 0 N–H and O–H groups in total. The summed E-state index contributed by atoms with van der Waals surface area (Å²) in [6.45, 7) is 0. The van der Waals surface area contributed by atoms with Crippen LogP contribution in [0.4, 0.5) is 8.78 Å². The Bertz CT molecular complexity index is 841. The Morgan fingerprint density at radius 1 is 1.05 bits per heavy atom. The molecule has 0 saturated heterocycles. The largest absolute Gasteiger partial charge is 0.293 e. The number of rotatable bonds is 3. The third kappa shape index (κ3) is 2.96. The van der Waals surface area contributed by atoms with Crippen LogP contribution < -0.4 is 0 Å². The molecule has 3 aromatic rings. The summed E-state index contributed by atoms with van der Waals surface area (Å²) in [4.78, 5) is 12.8. The molecule has 5 heteroatoms. The standard InChI is InChI=1S/C16H9ClF2OS/c17-13-7-11(18)3-1-9(13)5-14(20)16-6-10-2-4-12(19)8-15(10)21-16/h1-4,6-8H,5H2. The summed E-state index contributed by atoms with van der Waals surface area (Å²) in [6, 6.07) is 10.1. The van der Waals surface area contributed by atoms with Gasteiger partial charge in [-0.3, -0.25) is 4.79 Å². The van der Waals surface area contributed by atoms with Crippen LogP contribution >= 0.6 is 22.9 Å². The van der Waals surface area contributed by atoms with Crippen molar-refractivity contribution in [1.29, 1.82) is 0 Å². The fourth-order valence-electron chi connectivity index (χ4n) is 2.07. The average Bonchev–Trinajstić information content (AvgIpc) is 2.85. The predicted molar refractivity (Wildman–Crippen MR) is 81.2 cm³/mol. The molecule has 0 spiro atoms. The van der Waals surface area contributed by atoms with Gasteiger partial charge in [0.05, 0.1) is 4.88 Å². The number of carbonyl (C=O) groups is 1. The van der Waals surface area contributed by atoms with Crippen molar-refractivity contribution in [3.05, 3.63) is 69.6 Å². The van der Waals surface area contributed by atoms with E-state index in [-0.39, 0.29) is 23.0 Å². The summed E-state index contributed by atoms with van der Waals surface area (Å²) in [6.07, 6.45) is 0.0917. The van der Waals surface area contributed by atoms with E-state index in [2.05, 4.69) is 0 Å². The van der Waals surface area contributed by atoms with Crippen molar-refractivity contribution in [2.24, 2.45) is 0 Å². The molecule has 3 rings (SSSR count). The van der Waals surface area contributed by atoms with E-state index in [4.69, 9.17) is 11.6 Å². The summed E-state index contributed by atoms with van der Waals surface area (Å²) in [5.41, 5.74) is 0.576. The molecule has 0 atom stereocenters. The Kier molecular flexibility index (Phi) is 3.74. The normalized spacial score (nSPS) is 11.0. The van der Waals surface area contributed by atoms with E-state index in [0.717, 1.165) is 10.1 Å². The minimum atomic E-state index is -0.437. The second-order valence-corrected chi connectivity index (χ2v) is 6.12. The van der Waals surface area contributed by atoms with E-state index < -0.39 is 5.82 Å². The Morgan fingerprint density at radius 3 is 2.52 bits per heavy atom. The zero-order valence-electron chi connectivity index (χ0n) is 10.7. The Hall–Kier alpha value is -1.78. The third-order valence-electron chi connectivity index (χ3n) is 3.12. The molecule has 0 aliphatic heterocycles. The van der Waals surface area contributed by atoms with Crippen LogP contribution in [0, 0.1) is 11.6 Å². The lowest BCUT2D eigenvalue weighted by molar-refractivity contribution is 0.0997. The quantitative estimate of drug-likeness (QED) is 0.601. The summed E-state index contributed by atoms with van der Waals surface area (Å²) in [7, 11) is 0. The maximum absolute atomic E-state index is 13.2. The van der Waals surface area contributed by atoms with Gasteiger partial charge in [0.25, 0.3) is 0 Å². The van der Waals surface area contributed by atoms with Crippen molar-refractivity contribution >= 4 is 38.8 Å². The molecule has 106 valence electrons. The van der Waals surface area contributed by atoms with Crippen LogP contribution in [0.1, 0.15) is 15.2 Å². The topological polar surface area (TPSA) is 17.1 Å². The van der Waals surface area contributed by atoms with Crippen LogP contribution in [0.15, 0.2) is 42.5 Å². The molecule has 0 radical (unpaired) electrons. The van der Waals surface area contributed by atoms with Gasteiger partial charge in [-0.05, 0) is 41.3 Å². The van der Waals surface area contributed by atoms with Gasteiger partial charge in [0.1, 0.15) is 11.6 Å². The second-order valence-electron chi connectivity index (χ2n) is 4.63. The molecule has 0 saturated carbocycles. The minimum Gasteiger partial charge on any atom is -0.293 e. The van der Waals surface area contributed by atoms with Crippen molar-refractivity contribution < 1.29 is 13.6 Å². The summed E-state index contributed by atoms with van der Waals surface area (Å²) >= 11 is 7.16. The third-order valence-corrected chi connectivity index (χ3v) is 4.61. The highest BCUT2D eigenvalue weighted by molar-refractivity contribution is 7.20. The molecule has 0 bridgehead atoms. The highest BCUT2D eigenvalue weighted by atomic mass is 35.5. The SMILES string of the molecule is O=C(Cc1ccc(F)cc1Cl)c1cc2ccc(F)cc2s1. The number of carbonyl (C=O) groups excluding carboxylic acids is 1. The molecule has 1 aromatic heterocycles. The second kappa shape index (κ2) is 5.54. The molecular weight excluding hydrogens is 314 g/mol. The van der Waals surface area contributed by atoms with Crippen molar-refractivity contribution in [2.75, 3.05) is 0 Å². The number of thiophene rings is 1. The van der Waals surface area contributed by atoms with Gasteiger partial charge in [-0.1, -0.05) is 23.7 Å². The van der Waals surface area contributed by atoms with Crippen LogP contribution in [-0.4, -0.2) is 5.78 Å². The van der Waals surface area contributed by atoms with Gasteiger partial charge < -0.3 is 0 Å². The van der Waals surface area contributed by atoms with Crippen LogP contribution in [0.3, 0.4) is 0 Å². The number of hydrogen-bond donors (Lipinski definition) is 0. The molecular formula is C16H9ClF2OS. The maximum Gasteiger partial charge on any atom is 0.177 e. The van der Waals surface area contributed by atoms with Gasteiger partial charge in [0.2, 0.25) is 0 Å². The van der Waals surface area contributed by atoms with Gasteiger partial charge in [-0.15, -0.1) is 11.3 Å². The Labute approximate surface area is 128 Å². The minimum absolute atomic E-state index is 0.0917.